The van der Waals surface area contributed by atoms with Gasteiger partial charge in [0.25, 0.3) is 0 Å². The highest BCUT2D eigenvalue weighted by molar-refractivity contribution is 8.01. The molecule has 0 fully saturated rings. The van der Waals surface area contributed by atoms with Gasteiger partial charge >= 0.3 is 0 Å². The van der Waals surface area contributed by atoms with Crippen molar-refractivity contribution in [3.8, 4) is 0 Å². The average Bonchev–Trinajstić information content (AvgIpc) is 2.75. The van der Waals surface area contributed by atoms with Crippen LogP contribution in [-0.2, 0) is 4.79 Å². The number of amides is 1. The third-order valence-electron chi connectivity index (χ3n) is 3.17. The van der Waals surface area contributed by atoms with E-state index in [1.54, 1.807) is 30.3 Å². The van der Waals surface area contributed by atoms with Gasteiger partial charge in [0.15, 0.2) is 0 Å². The smallest absolute Gasteiger partial charge is 0.238 e. The van der Waals surface area contributed by atoms with Gasteiger partial charge in [0.2, 0.25) is 5.91 Å². The lowest BCUT2D eigenvalue weighted by atomic mass is 10.0. The maximum atomic E-state index is 11.9. The van der Waals surface area contributed by atoms with E-state index in [0.29, 0.717) is 11.3 Å². The average molecular weight is 284 g/mol. The SMILES string of the molecule is CC(NC1C[C@H](C)Sc2sccc21)C(=O)N(C)C. The molecule has 0 spiro atoms. The Balaban J connectivity index is 2.09. The summed E-state index contributed by atoms with van der Waals surface area (Å²) < 4.78 is 1.40. The van der Waals surface area contributed by atoms with E-state index < -0.39 is 0 Å². The number of nitrogens with zero attached hydrogens (tertiary/aromatic N) is 1. The lowest BCUT2D eigenvalue weighted by Gasteiger charge is -2.30. The number of carbonyl (C=O) groups is 1. The molecule has 1 aliphatic rings. The molecule has 2 unspecified atom stereocenters. The Morgan fingerprint density at radius 2 is 2.28 bits per heavy atom. The van der Waals surface area contributed by atoms with Gasteiger partial charge in [-0.2, -0.15) is 0 Å². The molecular weight excluding hydrogens is 264 g/mol. The number of rotatable bonds is 3. The van der Waals surface area contributed by atoms with Crippen molar-refractivity contribution in [2.24, 2.45) is 0 Å². The van der Waals surface area contributed by atoms with Crippen LogP contribution in [0.1, 0.15) is 31.9 Å². The Hall–Kier alpha value is -0.520. The van der Waals surface area contributed by atoms with Gasteiger partial charge < -0.3 is 4.90 Å². The number of hydrogen-bond acceptors (Lipinski definition) is 4. The molecule has 5 heteroatoms. The first-order chi connectivity index (χ1) is 8.49. The Morgan fingerprint density at radius 1 is 1.56 bits per heavy atom. The topological polar surface area (TPSA) is 32.3 Å². The van der Waals surface area contributed by atoms with E-state index in [2.05, 4.69) is 23.7 Å². The first-order valence-corrected chi connectivity index (χ1v) is 7.96. The third kappa shape index (κ3) is 2.90. The Labute approximate surface area is 117 Å². The van der Waals surface area contributed by atoms with Crippen molar-refractivity contribution in [3.05, 3.63) is 17.0 Å². The molecule has 0 saturated carbocycles. The van der Waals surface area contributed by atoms with Crippen LogP contribution in [0.5, 0.6) is 0 Å². The first kappa shape index (κ1) is 13.9. The van der Waals surface area contributed by atoms with Crippen LogP contribution in [-0.4, -0.2) is 36.2 Å². The minimum Gasteiger partial charge on any atom is -0.347 e. The van der Waals surface area contributed by atoms with E-state index in [1.165, 1.54) is 9.77 Å². The van der Waals surface area contributed by atoms with Gasteiger partial charge in [0, 0.05) is 25.4 Å². The number of nitrogens with one attached hydrogen (secondary N) is 1. The Morgan fingerprint density at radius 3 is 2.94 bits per heavy atom. The van der Waals surface area contributed by atoms with Gasteiger partial charge in [0.1, 0.15) is 0 Å². The summed E-state index contributed by atoms with van der Waals surface area (Å²) in [6.45, 7) is 4.20. The van der Waals surface area contributed by atoms with Crippen molar-refractivity contribution in [1.29, 1.82) is 0 Å². The molecular formula is C13H20N2OS2. The van der Waals surface area contributed by atoms with E-state index in [4.69, 9.17) is 0 Å². The fraction of sp³-hybridized carbons (Fsp3) is 0.615. The molecule has 0 bridgehead atoms. The van der Waals surface area contributed by atoms with Gasteiger partial charge in [-0.1, -0.05) is 6.92 Å². The van der Waals surface area contributed by atoms with E-state index in [1.807, 2.05) is 18.7 Å². The molecule has 3 atom stereocenters. The van der Waals surface area contributed by atoms with Crippen molar-refractivity contribution < 1.29 is 4.79 Å². The van der Waals surface area contributed by atoms with Gasteiger partial charge in [0.05, 0.1) is 10.3 Å². The maximum absolute atomic E-state index is 11.9. The second-order valence-electron chi connectivity index (χ2n) is 5.00. The van der Waals surface area contributed by atoms with Crippen LogP contribution in [0.25, 0.3) is 0 Å². The van der Waals surface area contributed by atoms with E-state index in [9.17, 15) is 4.79 Å². The number of fused-ring (bicyclic) bond motifs is 1. The minimum absolute atomic E-state index is 0.131. The molecule has 1 aliphatic heterocycles. The van der Waals surface area contributed by atoms with Crippen LogP contribution in [0, 0.1) is 0 Å². The molecule has 0 aromatic carbocycles. The highest BCUT2D eigenvalue weighted by Crippen LogP contribution is 2.43. The van der Waals surface area contributed by atoms with Crippen LogP contribution >= 0.6 is 23.1 Å². The molecule has 0 radical (unpaired) electrons. The summed E-state index contributed by atoms with van der Waals surface area (Å²) in [6.07, 6.45) is 1.08. The zero-order valence-corrected chi connectivity index (χ0v) is 12.9. The Bertz CT molecular complexity index is 430. The summed E-state index contributed by atoms with van der Waals surface area (Å²) in [5.74, 6) is 0.137. The molecule has 1 aromatic rings. The van der Waals surface area contributed by atoms with Crippen molar-refractivity contribution in [2.45, 2.75) is 41.8 Å². The predicted molar refractivity (Wildman–Crippen MR) is 78.3 cm³/mol. The van der Waals surface area contributed by atoms with Crippen LogP contribution < -0.4 is 5.32 Å². The van der Waals surface area contributed by atoms with Gasteiger partial charge in [-0.25, -0.2) is 0 Å². The monoisotopic (exact) mass is 284 g/mol. The van der Waals surface area contributed by atoms with Crippen molar-refractivity contribution in [1.82, 2.24) is 10.2 Å². The molecule has 2 rings (SSSR count). The molecule has 3 nitrogen and oxygen atoms in total. The van der Waals surface area contributed by atoms with Crippen molar-refractivity contribution in [3.63, 3.8) is 0 Å². The highest BCUT2D eigenvalue weighted by atomic mass is 32.2. The maximum Gasteiger partial charge on any atom is 0.238 e. The highest BCUT2D eigenvalue weighted by Gasteiger charge is 2.28. The molecule has 1 amide bonds. The molecule has 100 valence electrons. The molecule has 0 aliphatic carbocycles. The normalized spacial score (nSPS) is 24.4. The largest absolute Gasteiger partial charge is 0.347 e. The lowest BCUT2D eigenvalue weighted by molar-refractivity contribution is -0.130. The lowest BCUT2D eigenvalue weighted by Crippen LogP contribution is -2.44. The van der Waals surface area contributed by atoms with Crippen molar-refractivity contribution in [2.75, 3.05) is 14.1 Å². The van der Waals surface area contributed by atoms with Crippen LogP contribution in [0.15, 0.2) is 15.7 Å². The van der Waals surface area contributed by atoms with E-state index in [0.717, 1.165) is 6.42 Å². The number of hydrogen-bond donors (Lipinski definition) is 1. The third-order valence-corrected chi connectivity index (χ3v) is 5.52. The summed E-state index contributed by atoms with van der Waals surface area (Å²) in [6, 6.07) is 2.36. The number of carbonyl (C=O) groups excluding carboxylic acids is 1. The van der Waals surface area contributed by atoms with Gasteiger partial charge in [-0.3, -0.25) is 10.1 Å². The second-order valence-corrected chi connectivity index (χ2v) is 7.62. The quantitative estimate of drug-likeness (QED) is 0.926. The predicted octanol–water partition coefficient (Wildman–Crippen LogP) is 2.74. The second kappa shape index (κ2) is 5.63. The summed E-state index contributed by atoms with van der Waals surface area (Å²) in [5, 5.41) is 6.22. The number of likely N-dealkylation sites (N-methyl/N-ethyl adjacent to an activating group) is 1. The van der Waals surface area contributed by atoms with Gasteiger partial charge in [-0.05, 0) is 30.4 Å². The van der Waals surface area contributed by atoms with E-state index >= 15 is 0 Å². The molecule has 1 aromatic heterocycles. The number of thioether (sulfide) groups is 1. The standard InChI is InChI=1S/C13H20N2OS2/c1-8-7-11(10-5-6-17-13(10)18-8)14-9(2)12(16)15(3)4/h5-6,8-9,11,14H,7H2,1-4H3/t8-,9?,11?/m0/s1. The van der Waals surface area contributed by atoms with Crippen LogP contribution in [0.3, 0.4) is 0 Å². The number of thiophene rings is 1. The molecule has 18 heavy (non-hydrogen) atoms. The summed E-state index contributed by atoms with van der Waals surface area (Å²) in [4.78, 5) is 13.6. The summed E-state index contributed by atoms with van der Waals surface area (Å²) in [7, 11) is 3.60. The fourth-order valence-electron chi connectivity index (χ4n) is 2.27. The zero-order valence-electron chi connectivity index (χ0n) is 11.3. The van der Waals surface area contributed by atoms with Crippen LogP contribution in [0.2, 0.25) is 0 Å². The van der Waals surface area contributed by atoms with Crippen molar-refractivity contribution >= 4 is 29.0 Å². The minimum atomic E-state index is -0.131. The van der Waals surface area contributed by atoms with E-state index in [-0.39, 0.29) is 11.9 Å². The first-order valence-electron chi connectivity index (χ1n) is 6.20. The molecule has 1 N–H and O–H groups in total. The van der Waals surface area contributed by atoms with Gasteiger partial charge in [-0.15, -0.1) is 23.1 Å². The Kier molecular flexibility index (Phi) is 4.35. The fourth-order valence-corrected chi connectivity index (χ4v) is 4.83. The summed E-state index contributed by atoms with van der Waals surface area (Å²) >= 11 is 3.75. The molecule has 0 saturated heterocycles. The zero-order chi connectivity index (χ0) is 13.3. The summed E-state index contributed by atoms with van der Waals surface area (Å²) in [5.41, 5.74) is 1.36. The molecule has 2 heterocycles. The van der Waals surface area contributed by atoms with Crippen LogP contribution in [0.4, 0.5) is 0 Å².